The predicted molar refractivity (Wildman–Crippen MR) is 121 cm³/mol. The topological polar surface area (TPSA) is 41.1 Å². The largest absolute Gasteiger partial charge is 0.378 e. The van der Waals surface area contributed by atoms with Crippen LogP contribution >= 0.6 is 0 Å². The normalized spacial score (nSPS) is 22.6. The number of aryl methyl sites for hydroxylation is 3. The lowest BCUT2D eigenvalue weighted by Gasteiger charge is -2.39. The first kappa shape index (κ1) is 19.8. The molecule has 1 heterocycles. The molecule has 3 nitrogen and oxygen atoms in total. The number of anilines is 1. The quantitative estimate of drug-likeness (QED) is 0.623. The summed E-state index contributed by atoms with van der Waals surface area (Å²) in [6.07, 6.45) is 5.70. The molecule has 0 aromatic heterocycles. The number of nitrogens with one attached hydrogen (secondary N) is 2. The fraction of sp³-hybridized carbons (Fsp3) is 0.423. The van der Waals surface area contributed by atoms with E-state index in [0.29, 0.717) is 11.8 Å². The Bertz CT molecular complexity index is 973. The third kappa shape index (κ3) is 3.71. The van der Waals surface area contributed by atoms with Crippen LogP contribution in [0.15, 0.2) is 42.5 Å². The van der Waals surface area contributed by atoms with Gasteiger partial charge in [-0.2, -0.15) is 0 Å². The van der Waals surface area contributed by atoms with Crippen LogP contribution in [-0.2, 0) is 0 Å². The van der Waals surface area contributed by atoms with Crippen LogP contribution in [0.3, 0.4) is 0 Å². The van der Waals surface area contributed by atoms with E-state index in [0.717, 1.165) is 17.7 Å². The Hall–Kier alpha value is -2.55. The first-order chi connectivity index (χ1) is 13.6. The third-order valence-corrected chi connectivity index (χ3v) is 6.16. The molecule has 0 bridgehead atoms. The summed E-state index contributed by atoms with van der Waals surface area (Å²) in [5.41, 5.74) is 8.34. The van der Waals surface area contributed by atoms with E-state index in [1.807, 2.05) is 26.8 Å². The van der Waals surface area contributed by atoms with Gasteiger partial charge in [0, 0.05) is 22.7 Å². The van der Waals surface area contributed by atoms with E-state index in [2.05, 4.69) is 67.8 Å². The van der Waals surface area contributed by atoms with Crippen LogP contribution in [0, 0.1) is 26.7 Å². The minimum absolute atomic E-state index is 0.00817. The molecule has 0 radical (unpaired) electrons. The highest BCUT2D eigenvalue weighted by Gasteiger charge is 2.39. The van der Waals surface area contributed by atoms with Crippen molar-refractivity contribution in [1.29, 1.82) is 0 Å². The van der Waals surface area contributed by atoms with Gasteiger partial charge in [0.05, 0.1) is 6.04 Å². The zero-order chi connectivity index (χ0) is 20.9. The van der Waals surface area contributed by atoms with Gasteiger partial charge in [-0.15, -0.1) is 0 Å². The SMILES string of the molecule is Cc1cc(C)c(C2Nc3ccc(C(=O)NC(C)(C)C)cc3C3C=CCC32)c(C)c1. The van der Waals surface area contributed by atoms with E-state index >= 15 is 0 Å². The van der Waals surface area contributed by atoms with Gasteiger partial charge in [-0.25, -0.2) is 0 Å². The summed E-state index contributed by atoms with van der Waals surface area (Å²) in [5.74, 6) is 0.813. The van der Waals surface area contributed by atoms with E-state index in [1.54, 1.807) is 0 Å². The number of benzene rings is 2. The van der Waals surface area contributed by atoms with Crippen LogP contribution in [0.4, 0.5) is 5.69 Å². The molecule has 2 aliphatic rings. The second-order valence-electron chi connectivity index (χ2n) is 9.79. The highest BCUT2D eigenvalue weighted by atomic mass is 16.1. The molecule has 3 heteroatoms. The zero-order valence-electron chi connectivity index (χ0n) is 18.4. The first-order valence-corrected chi connectivity index (χ1v) is 10.6. The van der Waals surface area contributed by atoms with E-state index in [1.165, 1.54) is 27.8 Å². The molecule has 4 rings (SSSR count). The van der Waals surface area contributed by atoms with Crippen molar-refractivity contribution < 1.29 is 4.79 Å². The van der Waals surface area contributed by atoms with Gasteiger partial charge in [0.1, 0.15) is 0 Å². The molecule has 0 saturated carbocycles. The zero-order valence-corrected chi connectivity index (χ0v) is 18.4. The minimum Gasteiger partial charge on any atom is -0.378 e. The van der Waals surface area contributed by atoms with Crippen LogP contribution in [0.2, 0.25) is 0 Å². The van der Waals surface area contributed by atoms with Crippen molar-refractivity contribution in [3.63, 3.8) is 0 Å². The summed E-state index contributed by atoms with van der Waals surface area (Å²) in [7, 11) is 0. The number of allylic oxidation sites excluding steroid dienone is 2. The Kier molecular flexibility index (Phi) is 4.80. The third-order valence-electron chi connectivity index (χ3n) is 6.16. The molecule has 1 amide bonds. The summed E-state index contributed by atoms with van der Waals surface area (Å²) >= 11 is 0. The molecule has 0 fully saturated rings. The molecule has 29 heavy (non-hydrogen) atoms. The maximum atomic E-state index is 12.7. The predicted octanol–water partition coefficient (Wildman–Crippen LogP) is 5.97. The van der Waals surface area contributed by atoms with Crippen molar-refractivity contribution in [2.75, 3.05) is 5.32 Å². The molecular weight excluding hydrogens is 356 g/mol. The number of amides is 1. The van der Waals surface area contributed by atoms with Crippen molar-refractivity contribution in [1.82, 2.24) is 5.32 Å². The number of rotatable bonds is 2. The first-order valence-electron chi connectivity index (χ1n) is 10.6. The van der Waals surface area contributed by atoms with E-state index < -0.39 is 0 Å². The second kappa shape index (κ2) is 7.05. The van der Waals surface area contributed by atoms with Crippen LogP contribution in [0.25, 0.3) is 0 Å². The molecule has 2 N–H and O–H groups in total. The molecule has 152 valence electrons. The second-order valence-corrected chi connectivity index (χ2v) is 9.79. The van der Waals surface area contributed by atoms with Gasteiger partial charge in [-0.05, 0) is 94.3 Å². The van der Waals surface area contributed by atoms with E-state index in [9.17, 15) is 4.79 Å². The monoisotopic (exact) mass is 388 g/mol. The van der Waals surface area contributed by atoms with Crippen molar-refractivity contribution in [3.8, 4) is 0 Å². The summed E-state index contributed by atoms with van der Waals surface area (Å²) in [5, 5.41) is 6.91. The van der Waals surface area contributed by atoms with Crippen molar-refractivity contribution >= 4 is 11.6 Å². The fourth-order valence-corrected chi connectivity index (χ4v) is 5.12. The maximum absolute atomic E-state index is 12.7. The van der Waals surface area contributed by atoms with Gasteiger partial charge in [0.2, 0.25) is 0 Å². The lowest BCUT2D eigenvalue weighted by molar-refractivity contribution is 0.0919. The van der Waals surface area contributed by atoms with Gasteiger partial charge in [0.15, 0.2) is 0 Å². The molecule has 2 aromatic rings. The molecule has 1 aliphatic heterocycles. The smallest absolute Gasteiger partial charge is 0.251 e. The molecule has 0 spiro atoms. The average molecular weight is 389 g/mol. The highest BCUT2D eigenvalue weighted by molar-refractivity contribution is 5.95. The number of hydrogen-bond acceptors (Lipinski definition) is 2. The number of fused-ring (bicyclic) bond motifs is 3. The Morgan fingerprint density at radius 1 is 1.07 bits per heavy atom. The molecule has 1 aliphatic carbocycles. The molecular formula is C26H32N2O. The Morgan fingerprint density at radius 3 is 2.41 bits per heavy atom. The van der Waals surface area contributed by atoms with Crippen molar-refractivity contribution in [3.05, 3.63) is 75.9 Å². The average Bonchev–Trinajstić information content (AvgIpc) is 3.09. The van der Waals surface area contributed by atoms with E-state index in [-0.39, 0.29) is 17.5 Å². The van der Waals surface area contributed by atoms with Crippen molar-refractivity contribution in [2.45, 2.75) is 65.5 Å². The Labute approximate surface area is 174 Å². The molecule has 0 saturated heterocycles. The standard InChI is InChI=1S/C26H32N2O/c1-15-12-16(2)23(17(3)13-15)24-20-9-7-8-19(20)21-14-18(10-11-22(21)27-24)25(29)28-26(4,5)6/h7-8,10-14,19-20,24,27H,9H2,1-6H3,(H,28,29). The van der Waals surface area contributed by atoms with Crippen LogP contribution in [0.5, 0.6) is 0 Å². The van der Waals surface area contributed by atoms with Crippen LogP contribution in [-0.4, -0.2) is 11.4 Å². The minimum atomic E-state index is -0.243. The summed E-state index contributed by atoms with van der Waals surface area (Å²) in [4.78, 5) is 12.7. The summed E-state index contributed by atoms with van der Waals surface area (Å²) < 4.78 is 0. The van der Waals surface area contributed by atoms with Gasteiger partial charge in [0.25, 0.3) is 5.91 Å². The highest BCUT2D eigenvalue weighted by Crippen LogP contribution is 2.51. The lowest BCUT2D eigenvalue weighted by atomic mass is 9.74. The lowest BCUT2D eigenvalue weighted by Crippen LogP contribution is -2.40. The van der Waals surface area contributed by atoms with Crippen LogP contribution < -0.4 is 10.6 Å². The maximum Gasteiger partial charge on any atom is 0.251 e. The molecule has 2 aromatic carbocycles. The summed E-state index contributed by atoms with van der Waals surface area (Å²) in [6.45, 7) is 12.7. The van der Waals surface area contributed by atoms with E-state index in [4.69, 9.17) is 0 Å². The van der Waals surface area contributed by atoms with Crippen molar-refractivity contribution in [2.24, 2.45) is 5.92 Å². The van der Waals surface area contributed by atoms with Gasteiger partial charge < -0.3 is 10.6 Å². The molecule has 3 atom stereocenters. The number of carbonyl (C=O) groups excluding carboxylic acids is 1. The van der Waals surface area contributed by atoms with Gasteiger partial charge >= 0.3 is 0 Å². The molecule has 3 unspecified atom stereocenters. The number of carbonyl (C=O) groups is 1. The van der Waals surface area contributed by atoms with Crippen LogP contribution in [0.1, 0.15) is 77.3 Å². The number of hydrogen-bond donors (Lipinski definition) is 2. The fourth-order valence-electron chi connectivity index (χ4n) is 5.12. The van der Waals surface area contributed by atoms with Gasteiger partial charge in [-0.1, -0.05) is 29.8 Å². The Balaban J connectivity index is 1.73. The van der Waals surface area contributed by atoms with Gasteiger partial charge in [-0.3, -0.25) is 4.79 Å². The summed E-state index contributed by atoms with van der Waals surface area (Å²) in [6, 6.07) is 11.0. The Morgan fingerprint density at radius 2 is 1.76 bits per heavy atom.